The van der Waals surface area contributed by atoms with E-state index in [9.17, 15) is 4.79 Å². The molecule has 0 spiro atoms. The molecule has 3 aromatic heterocycles. The van der Waals surface area contributed by atoms with Crippen LogP contribution in [0.1, 0.15) is 47.3 Å². The summed E-state index contributed by atoms with van der Waals surface area (Å²) in [5.41, 5.74) is 4.21. The first-order valence-corrected chi connectivity index (χ1v) is 12.4. The summed E-state index contributed by atoms with van der Waals surface area (Å²) in [5.74, 6) is 1.21. The molecule has 3 N–H and O–H groups in total. The number of H-pyrrole nitrogens is 1. The average molecular weight is 485 g/mol. The molecule has 8 heteroatoms. The Hall–Kier alpha value is -4.04. The highest BCUT2D eigenvalue weighted by Gasteiger charge is 2.13. The van der Waals surface area contributed by atoms with Crippen LogP contribution >= 0.6 is 0 Å². The summed E-state index contributed by atoms with van der Waals surface area (Å²) in [6, 6.07) is 16.3. The van der Waals surface area contributed by atoms with Crippen molar-refractivity contribution >= 4 is 27.7 Å². The molecule has 0 aliphatic carbocycles. The topological polar surface area (TPSA) is 109 Å². The van der Waals surface area contributed by atoms with Crippen molar-refractivity contribution in [2.45, 2.75) is 40.2 Å². The van der Waals surface area contributed by atoms with E-state index in [2.05, 4.69) is 49.9 Å². The lowest BCUT2D eigenvalue weighted by Crippen LogP contribution is -2.24. The first kappa shape index (κ1) is 25.1. The van der Waals surface area contributed by atoms with Gasteiger partial charge >= 0.3 is 0 Å². The maximum Gasteiger partial charge on any atom is 0.273 e. The molecule has 3 heterocycles. The number of aromatic nitrogens is 4. The van der Waals surface area contributed by atoms with Crippen molar-refractivity contribution in [3.05, 3.63) is 89.7 Å². The number of amides is 1. The van der Waals surface area contributed by atoms with E-state index in [0.29, 0.717) is 25.4 Å². The van der Waals surface area contributed by atoms with E-state index in [-0.39, 0.29) is 11.6 Å². The Kier molecular flexibility index (Phi) is 8.41. The van der Waals surface area contributed by atoms with Crippen molar-refractivity contribution < 1.29 is 9.21 Å². The van der Waals surface area contributed by atoms with E-state index < -0.39 is 0 Å². The fourth-order valence-corrected chi connectivity index (χ4v) is 3.93. The number of pyridine rings is 1. The summed E-state index contributed by atoms with van der Waals surface area (Å²) in [4.78, 5) is 29.1. The number of nitrogens with zero attached hydrogens (tertiary/aromatic N) is 3. The molecule has 0 bridgehead atoms. The molecular weight excluding hydrogens is 452 g/mol. The third kappa shape index (κ3) is 5.95. The number of rotatable bonds is 9. The Labute approximate surface area is 210 Å². The SMILES string of the molecule is CC.Cc1cccnc1CNC(=O)c1coc(CCNCCc2nc3c(ccc4ccccc43)[nH]2)n1. The van der Waals surface area contributed by atoms with Gasteiger partial charge in [0, 0.05) is 37.5 Å². The summed E-state index contributed by atoms with van der Waals surface area (Å²) in [6.07, 6.45) is 4.49. The van der Waals surface area contributed by atoms with Crippen LogP contribution in [0.15, 0.2) is 65.4 Å². The van der Waals surface area contributed by atoms with Crippen molar-refractivity contribution in [2.24, 2.45) is 0 Å². The summed E-state index contributed by atoms with van der Waals surface area (Å²) >= 11 is 0. The molecule has 186 valence electrons. The molecule has 0 saturated heterocycles. The highest BCUT2D eigenvalue weighted by molar-refractivity contribution is 6.04. The standard InChI is InChI=1S/C26H26N6O2.C2H6/c1-17-5-4-12-28-21(17)15-29-26(33)22-16-34-24(31-22)11-14-27-13-10-23-30-20-9-8-18-6-2-3-7-19(18)25(20)32-23;1-2/h2-9,12,16,27H,10-11,13-15H2,1H3,(H,29,33)(H,30,32);1-2H3. The van der Waals surface area contributed by atoms with E-state index in [1.54, 1.807) is 6.20 Å². The second-order valence-electron chi connectivity index (χ2n) is 8.19. The molecule has 0 fully saturated rings. The van der Waals surface area contributed by atoms with Gasteiger partial charge in [0.05, 0.1) is 23.3 Å². The van der Waals surface area contributed by atoms with Crippen molar-refractivity contribution in [3.8, 4) is 0 Å². The molecule has 0 aliphatic heterocycles. The molecule has 0 radical (unpaired) electrons. The van der Waals surface area contributed by atoms with Crippen LogP contribution in [0.3, 0.4) is 0 Å². The van der Waals surface area contributed by atoms with Gasteiger partial charge in [-0.25, -0.2) is 9.97 Å². The predicted molar refractivity (Wildman–Crippen MR) is 142 cm³/mol. The third-order valence-corrected chi connectivity index (χ3v) is 5.80. The number of imidazole rings is 1. The molecule has 5 rings (SSSR count). The van der Waals surface area contributed by atoms with Gasteiger partial charge in [0.2, 0.25) is 0 Å². The quantitative estimate of drug-likeness (QED) is 0.261. The van der Waals surface area contributed by atoms with Crippen LogP contribution in [0.5, 0.6) is 0 Å². The summed E-state index contributed by atoms with van der Waals surface area (Å²) in [5, 5.41) is 8.58. The number of carbonyl (C=O) groups is 1. The van der Waals surface area contributed by atoms with Crippen molar-refractivity contribution in [1.29, 1.82) is 0 Å². The van der Waals surface area contributed by atoms with Crippen LogP contribution in [0.2, 0.25) is 0 Å². The zero-order chi connectivity index (χ0) is 25.3. The second kappa shape index (κ2) is 12.1. The predicted octanol–water partition coefficient (Wildman–Crippen LogP) is 4.74. The lowest BCUT2D eigenvalue weighted by molar-refractivity contribution is 0.0945. The third-order valence-electron chi connectivity index (χ3n) is 5.80. The summed E-state index contributed by atoms with van der Waals surface area (Å²) in [7, 11) is 0. The molecule has 0 saturated carbocycles. The fourth-order valence-electron chi connectivity index (χ4n) is 3.93. The average Bonchev–Trinajstić information content (AvgIpc) is 3.56. The van der Waals surface area contributed by atoms with Gasteiger partial charge in [-0.3, -0.25) is 9.78 Å². The van der Waals surface area contributed by atoms with Crippen LogP contribution in [0.4, 0.5) is 0 Å². The van der Waals surface area contributed by atoms with Gasteiger partial charge in [-0.15, -0.1) is 0 Å². The van der Waals surface area contributed by atoms with Crippen LogP contribution < -0.4 is 10.6 Å². The molecular formula is C28H32N6O2. The van der Waals surface area contributed by atoms with Crippen LogP contribution in [-0.4, -0.2) is 38.9 Å². The molecule has 5 aromatic rings. The van der Waals surface area contributed by atoms with Crippen molar-refractivity contribution in [3.63, 3.8) is 0 Å². The van der Waals surface area contributed by atoms with Crippen LogP contribution in [0, 0.1) is 6.92 Å². The lowest BCUT2D eigenvalue weighted by atomic mass is 10.1. The Morgan fingerprint density at radius 1 is 1.00 bits per heavy atom. The first-order chi connectivity index (χ1) is 17.7. The molecule has 0 atom stereocenters. The lowest BCUT2D eigenvalue weighted by Gasteiger charge is -2.05. The van der Waals surface area contributed by atoms with Gasteiger partial charge < -0.3 is 20.0 Å². The van der Waals surface area contributed by atoms with E-state index >= 15 is 0 Å². The van der Waals surface area contributed by atoms with E-state index in [4.69, 9.17) is 9.40 Å². The number of carbonyl (C=O) groups excluding carboxylic acids is 1. The van der Waals surface area contributed by atoms with Crippen LogP contribution in [-0.2, 0) is 19.4 Å². The molecule has 0 aliphatic rings. The minimum atomic E-state index is -0.273. The van der Waals surface area contributed by atoms with Gasteiger partial charge in [0.15, 0.2) is 11.6 Å². The molecule has 0 unspecified atom stereocenters. The number of nitrogens with one attached hydrogen (secondary N) is 3. The monoisotopic (exact) mass is 484 g/mol. The smallest absolute Gasteiger partial charge is 0.273 e. The highest BCUT2D eigenvalue weighted by Crippen LogP contribution is 2.23. The van der Waals surface area contributed by atoms with Crippen molar-refractivity contribution in [1.82, 2.24) is 30.6 Å². The zero-order valence-electron chi connectivity index (χ0n) is 21.0. The highest BCUT2D eigenvalue weighted by atomic mass is 16.3. The molecule has 2 aromatic carbocycles. The van der Waals surface area contributed by atoms with Gasteiger partial charge in [0.25, 0.3) is 5.91 Å². The van der Waals surface area contributed by atoms with E-state index in [1.807, 2.05) is 45.0 Å². The molecule has 8 nitrogen and oxygen atoms in total. The number of oxazole rings is 1. The van der Waals surface area contributed by atoms with Crippen LogP contribution in [0.25, 0.3) is 21.8 Å². The van der Waals surface area contributed by atoms with E-state index in [0.717, 1.165) is 46.5 Å². The minimum absolute atomic E-state index is 0.273. The van der Waals surface area contributed by atoms with Crippen molar-refractivity contribution in [2.75, 3.05) is 13.1 Å². The Morgan fingerprint density at radius 2 is 1.83 bits per heavy atom. The first-order valence-electron chi connectivity index (χ1n) is 12.4. The number of hydrogen-bond donors (Lipinski definition) is 3. The Balaban J connectivity index is 0.00000148. The van der Waals surface area contributed by atoms with Gasteiger partial charge in [-0.1, -0.05) is 50.2 Å². The largest absolute Gasteiger partial charge is 0.448 e. The minimum Gasteiger partial charge on any atom is -0.448 e. The molecule has 36 heavy (non-hydrogen) atoms. The number of fused-ring (bicyclic) bond motifs is 3. The molecule has 1 amide bonds. The van der Waals surface area contributed by atoms with Gasteiger partial charge in [-0.2, -0.15) is 0 Å². The summed E-state index contributed by atoms with van der Waals surface area (Å²) in [6.45, 7) is 7.78. The number of hydrogen-bond acceptors (Lipinski definition) is 6. The zero-order valence-corrected chi connectivity index (χ0v) is 21.0. The number of aryl methyl sites for hydroxylation is 1. The number of benzene rings is 2. The van der Waals surface area contributed by atoms with E-state index in [1.165, 1.54) is 11.6 Å². The maximum absolute atomic E-state index is 12.3. The summed E-state index contributed by atoms with van der Waals surface area (Å²) < 4.78 is 5.46. The Bertz CT molecular complexity index is 1440. The van der Waals surface area contributed by atoms with Gasteiger partial charge in [-0.05, 0) is 30.0 Å². The fraction of sp³-hybridized carbons (Fsp3) is 0.286. The second-order valence-corrected chi connectivity index (χ2v) is 8.19. The maximum atomic E-state index is 12.3. The Morgan fingerprint density at radius 3 is 2.69 bits per heavy atom. The normalized spacial score (nSPS) is 10.9. The number of aromatic amines is 1. The van der Waals surface area contributed by atoms with Gasteiger partial charge in [0.1, 0.15) is 12.1 Å².